The van der Waals surface area contributed by atoms with Gasteiger partial charge in [0.25, 0.3) is 0 Å². The fraction of sp³-hybridized carbons (Fsp3) is 0.643. The number of rotatable bonds is 4. The van der Waals surface area contributed by atoms with Crippen LogP contribution in [0.5, 0.6) is 0 Å². The maximum absolute atomic E-state index is 6.07. The summed E-state index contributed by atoms with van der Waals surface area (Å²) in [4.78, 5) is 6.72. The summed E-state index contributed by atoms with van der Waals surface area (Å²) in [6, 6.07) is 5.01. The molecule has 3 nitrogen and oxygen atoms in total. The molecule has 2 N–H and O–H groups in total. The highest BCUT2D eigenvalue weighted by Gasteiger charge is 2.24. The molecule has 2 heterocycles. The molecule has 2 atom stereocenters. The standard InChI is InChI=1S/C14H23N3.2ClH/c1-12(15)14-6-2-3-9-17(14)10-7-13-5-4-8-16-11-13;;/h4-5,8,11-12,14H,2-3,6-7,9-10,15H2,1H3;2*1H. The Hall–Kier alpha value is -0.350. The van der Waals surface area contributed by atoms with E-state index >= 15 is 0 Å². The van der Waals surface area contributed by atoms with E-state index in [2.05, 4.69) is 22.9 Å². The fourth-order valence-electron chi connectivity index (χ4n) is 2.71. The summed E-state index contributed by atoms with van der Waals surface area (Å²) in [5, 5.41) is 0. The minimum Gasteiger partial charge on any atom is -0.327 e. The fourth-order valence-corrected chi connectivity index (χ4v) is 2.71. The number of aromatic nitrogens is 1. The highest BCUT2D eigenvalue weighted by Crippen LogP contribution is 2.19. The Labute approximate surface area is 128 Å². The molecule has 1 aliphatic heterocycles. The normalized spacial score (nSPS) is 21.1. The van der Waals surface area contributed by atoms with Gasteiger partial charge in [0.05, 0.1) is 0 Å². The molecule has 1 fully saturated rings. The Kier molecular flexibility index (Phi) is 9.36. The van der Waals surface area contributed by atoms with Crippen molar-refractivity contribution in [2.75, 3.05) is 13.1 Å². The van der Waals surface area contributed by atoms with E-state index in [9.17, 15) is 0 Å². The number of piperidine rings is 1. The van der Waals surface area contributed by atoms with Gasteiger partial charge in [0, 0.05) is 31.0 Å². The van der Waals surface area contributed by atoms with Crippen molar-refractivity contribution in [3.63, 3.8) is 0 Å². The SMILES string of the molecule is CC(N)C1CCCCN1CCc1cccnc1.Cl.Cl. The third-order valence-corrected chi connectivity index (χ3v) is 3.68. The molecule has 1 aromatic rings. The lowest BCUT2D eigenvalue weighted by Crippen LogP contribution is -2.49. The van der Waals surface area contributed by atoms with Crippen LogP contribution in [0.2, 0.25) is 0 Å². The van der Waals surface area contributed by atoms with Crippen LogP contribution in [0.3, 0.4) is 0 Å². The molecule has 0 amide bonds. The van der Waals surface area contributed by atoms with Crippen LogP contribution in [-0.2, 0) is 6.42 Å². The molecule has 2 unspecified atom stereocenters. The average Bonchev–Trinajstić information content (AvgIpc) is 2.38. The van der Waals surface area contributed by atoms with E-state index in [4.69, 9.17) is 5.73 Å². The predicted octanol–water partition coefficient (Wildman–Crippen LogP) is 2.67. The van der Waals surface area contributed by atoms with Gasteiger partial charge >= 0.3 is 0 Å². The summed E-state index contributed by atoms with van der Waals surface area (Å²) in [5.74, 6) is 0. The monoisotopic (exact) mass is 305 g/mol. The van der Waals surface area contributed by atoms with E-state index in [0.717, 1.165) is 13.0 Å². The lowest BCUT2D eigenvalue weighted by molar-refractivity contribution is 0.132. The topological polar surface area (TPSA) is 42.1 Å². The van der Waals surface area contributed by atoms with Crippen LogP contribution in [0, 0.1) is 0 Å². The first-order chi connectivity index (χ1) is 8.27. The van der Waals surface area contributed by atoms with Gasteiger partial charge in [-0.15, -0.1) is 24.8 Å². The van der Waals surface area contributed by atoms with E-state index in [0.29, 0.717) is 6.04 Å². The molecule has 19 heavy (non-hydrogen) atoms. The van der Waals surface area contributed by atoms with Gasteiger partial charge in [-0.1, -0.05) is 12.5 Å². The summed E-state index contributed by atoms with van der Waals surface area (Å²) in [6.45, 7) is 4.44. The number of hydrogen-bond acceptors (Lipinski definition) is 3. The maximum Gasteiger partial charge on any atom is 0.0300 e. The minimum atomic E-state index is 0. The molecule has 1 saturated heterocycles. The number of likely N-dealkylation sites (tertiary alicyclic amines) is 1. The van der Waals surface area contributed by atoms with Gasteiger partial charge < -0.3 is 5.73 Å². The second-order valence-electron chi connectivity index (χ2n) is 5.07. The zero-order valence-electron chi connectivity index (χ0n) is 11.5. The van der Waals surface area contributed by atoms with Crippen LogP contribution in [0.4, 0.5) is 0 Å². The lowest BCUT2D eigenvalue weighted by atomic mass is 9.96. The number of hydrogen-bond donors (Lipinski definition) is 1. The Morgan fingerprint density at radius 1 is 1.42 bits per heavy atom. The van der Waals surface area contributed by atoms with Crippen LogP contribution >= 0.6 is 24.8 Å². The molecule has 1 aliphatic rings. The zero-order chi connectivity index (χ0) is 12.1. The summed E-state index contributed by atoms with van der Waals surface area (Å²) < 4.78 is 0. The van der Waals surface area contributed by atoms with Gasteiger partial charge in [0.2, 0.25) is 0 Å². The van der Waals surface area contributed by atoms with Crippen molar-refractivity contribution in [3.8, 4) is 0 Å². The Balaban J connectivity index is 0.00000162. The van der Waals surface area contributed by atoms with Crippen molar-refractivity contribution < 1.29 is 0 Å². The molecule has 1 aromatic heterocycles. The first-order valence-electron chi connectivity index (χ1n) is 6.66. The largest absolute Gasteiger partial charge is 0.327 e. The van der Waals surface area contributed by atoms with Crippen LogP contribution in [0.25, 0.3) is 0 Å². The number of pyridine rings is 1. The average molecular weight is 306 g/mol. The molecule has 0 bridgehead atoms. The zero-order valence-corrected chi connectivity index (χ0v) is 13.1. The lowest BCUT2D eigenvalue weighted by Gasteiger charge is -2.38. The Morgan fingerprint density at radius 2 is 2.21 bits per heavy atom. The van der Waals surface area contributed by atoms with Crippen molar-refractivity contribution in [3.05, 3.63) is 30.1 Å². The summed E-state index contributed by atoms with van der Waals surface area (Å²) in [6.07, 6.45) is 8.77. The number of nitrogens with zero attached hydrogens (tertiary/aromatic N) is 2. The first-order valence-corrected chi connectivity index (χ1v) is 6.66. The molecular formula is C14H25Cl2N3. The Morgan fingerprint density at radius 3 is 2.84 bits per heavy atom. The Bertz CT molecular complexity index is 333. The van der Waals surface area contributed by atoms with Gasteiger partial charge in [0.1, 0.15) is 0 Å². The van der Waals surface area contributed by atoms with E-state index in [1.54, 1.807) is 0 Å². The molecule has 5 heteroatoms. The number of nitrogens with two attached hydrogens (primary N) is 1. The molecule has 0 saturated carbocycles. The number of halogens is 2. The molecule has 2 rings (SSSR count). The van der Waals surface area contributed by atoms with E-state index in [1.165, 1.54) is 31.4 Å². The molecule has 0 spiro atoms. The van der Waals surface area contributed by atoms with Crippen molar-refractivity contribution in [1.82, 2.24) is 9.88 Å². The van der Waals surface area contributed by atoms with Gasteiger partial charge in [-0.3, -0.25) is 9.88 Å². The molecular weight excluding hydrogens is 281 g/mol. The van der Waals surface area contributed by atoms with E-state index < -0.39 is 0 Å². The third-order valence-electron chi connectivity index (χ3n) is 3.68. The van der Waals surface area contributed by atoms with E-state index in [-0.39, 0.29) is 30.9 Å². The van der Waals surface area contributed by atoms with Crippen molar-refractivity contribution in [2.45, 2.75) is 44.7 Å². The minimum absolute atomic E-state index is 0. The third kappa shape index (κ3) is 5.65. The molecule has 0 aliphatic carbocycles. The van der Waals surface area contributed by atoms with Gasteiger partial charge in [-0.25, -0.2) is 0 Å². The van der Waals surface area contributed by atoms with Gasteiger partial charge in [0.15, 0.2) is 0 Å². The highest BCUT2D eigenvalue weighted by molar-refractivity contribution is 5.85. The molecule has 110 valence electrons. The molecule has 0 aromatic carbocycles. The second-order valence-corrected chi connectivity index (χ2v) is 5.07. The van der Waals surface area contributed by atoms with Crippen LogP contribution in [0.1, 0.15) is 31.7 Å². The van der Waals surface area contributed by atoms with Crippen LogP contribution in [0.15, 0.2) is 24.5 Å². The highest BCUT2D eigenvalue weighted by atomic mass is 35.5. The van der Waals surface area contributed by atoms with Crippen molar-refractivity contribution in [1.29, 1.82) is 0 Å². The smallest absolute Gasteiger partial charge is 0.0300 e. The van der Waals surface area contributed by atoms with E-state index in [1.807, 2.05) is 18.5 Å². The maximum atomic E-state index is 6.07. The van der Waals surface area contributed by atoms with Crippen LogP contribution < -0.4 is 5.73 Å². The predicted molar refractivity (Wildman–Crippen MR) is 85.3 cm³/mol. The summed E-state index contributed by atoms with van der Waals surface area (Å²) in [7, 11) is 0. The van der Waals surface area contributed by atoms with Crippen molar-refractivity contribution in [2.24, 2.45) is 5.73 Å². The second kappa shape index (κ2) is 9.54. The van der Waals surface area contributed by atoms with Gasteiger partial charge in [-0.05, 0) is 44.4 Å². The summed E-state index contributed by atoms with van der Waals surface area (Å²) in [5.41, 5.74) is 7.39. The quantitative estimate of drug-likeness (QED) is 0.930. The van der Waals surface area contributed by atoms with Crippen LogP contribution in [-0.4, -0.2) is 35.1 Å². The molecule has 0 radical (unpaired) electrons. The summed E-state index contributed by atoms with van der Waals surface area (Å²) >= 11 is 0. The van der Waals surface area contributed by atoms with Crippen molar-refractivity contribution >= 4 is 24.8 Å². The first kappa shape index (κ1) is 18.7. The van der Waals surface area contributed by atoms with Gasteiger partial charge in [-0.2, -0.15) is 0 Å².